The van der Waals surface area contributed by atoms with Crippen LogP contribution in [0, 0.1) is 12.8 Å². The molecule has 0 radical (unpaired) electrons. The summed E-state index contributed by atoms with van der Waals surface area (Å²) in [6.07, 6.45) is 2.77. The van der Waals surface area contributed by atoms with E-state index in [0.29, 0.717) is 30.8 Å². The van der Waals surface area contributed by atoms with Crippen molar-refractivity contribution in [1.29, 1.82) is 0 Å². The van der Waals surface area contributed by atoms with Gasteiger partial charge in [0, 0.05) is 24.6 Å². The lowest BCUT2D eigenvalue weighted by Crippen LogP contribution is -2.42. The number of hydrogen-bond donors (Lipinski definition) is 1. The van der Waals surface area contributed by atoms with E-state index in [0.717, 1.165) is 29.7 Å². The Morgan fingerprint density at radius 2 is 1.72 bits per heavy atom. The second-order valence-electron chi connectivity index (χ2n) is 7.68. The van der Waals surface area contributed by atoms with E-state index in [-0.39, 0.29) is 11.8 Å². The van der Waals surface area contributed by atoms with Gasteiger partial charge in [0.25, 0.3) is 0 Å². The van der Waals surface area contributed by atoms with Crippen molar-refractivity contribution < 1.29 is 13.2 Å². The summed E-state index contributed by atoms with van der Waals surface area (Å²) in [5.41, 5.74) is 7.00. The van der Waals surface area contributed by atoms with Crippen molar-refractivity contribution in [3.8, 4) is 0 Å². The van der Waals surface area contributed by atoms with Crippen molar-refractivity contribution in [3.63, 3.8) is 0 Å². The fraction of sp³-hybridized carbons (Fsp3) is 0.364. The van der Waals surface area contributed by atoms with Gasteiger partial charge in [0.15, 0.2) is 0 Å². The fourth-order valence-electron chi connectivity index (χ4n) is 3.96. The highest BCUT2D eigenvalue weighted by molar-refractivity contribution is 7.89. The van der Waals surface area contributed by atoms with E-state index in [9.17, 15) is 13.2 Å². The Morgan fingerprint density at radius 1 is 1.03 bits per heavy atom. The molecular formula is C22H25N3O3S. The van der Waals surface area contributed by atoms with Gasteiger partial charge in [-0.1, -0.05) is 42.0 Å². The van der Waals surface area contributed by atoms with E-state index < -0.39 is 10.0 Å². The number of carbonyl (C=O) groups is 1. The van der Waals surface area contributed by atoms with Gasteiger partial charge in [-0.3, -0.25) is 4.79 Å². The van der Waals surface area contributed by atoms with Crippen LogP contribution >= 0.6 is 0 Å². The van der Waals surface area contributed by atoms with Gasteiger partial charge in [0.2, 0.25) is 15.9 Å². The smallest absolute Gasteiger partial charge is 0.243 e. The number of fused-ring (bicyclic) bond motifs is 1. The fourth-order valence-corrected chi connectivity index (χ4v) is 5.42. The summed E-state index contributed by atoms with van der Waals surface area (Å²) >= 11 is 0. The zero-order valence-electron chi connectivity index (χ0n) is 16.5. The molecule has 1 aliphatic carbocycles. The molecule has 7 heteroatoms. The summed E-state index contributed by atoms with van der Waals surface area (Å²) in [6, 6.07) is 15.0. The van der Waals surface area contributed by atoms with Crippen LogP contribution in [0.3, 0.4) is 0 Å². The monoisotopic (exact) mass is 411 g/mol. The number of aryl methyl sites for hydroxylation is 2. The molecule has 1 heterocycles. The second-order valence-corrected chi connectivity index (χ2v) is 9.62. The van der Waals surface area contributed by atoms with Crippen LogP contribution in [-0.4, -0.2) is 37.4 Å². The van der Waals surface area contributed by atoms with Crippen LogP contribution in [0.15, 0.2) is 58.5 Å². The lowest BCUT2D eigenvalue weighted by atomic mass is 9.98. The van der Waals surface area contributed by atoms with Crippen LogP contribution in [0.2, 0.25) is 0 Å². The van der Waals surface area contributed by atoms with Crippen molar-refractivity contribution >= 4 is 21.6 Å². The van der Waals surface area contributed by atoms with Gasteiger partial charge in [0.1, 0.15) is 0 Å². The predicted molar refractivity (Wildman–Crippen MR) is 112 cm³/mol. The molecular weight excluding hydrogens is 386 g/mol. The molecule has 0 atom stereocenters. The highest BCUT2D eigenvalue weighted by Gasteiger charge is 2.32. The van der Waals surface area contributed by atoms with Gasteiger partial charge >= 0.3 is 0 Å². The molecule has 2 aromatic rings. The third kappa shape index (κ3) is 4.11. The van der Waals surface area contributed by atoms with E-state index in [1.165, 1.54) is 9.87 Å². The zero-order valence-corrected chi connectivity index (χ0v) is 17.3. The molecule has 6 nitrogen and oxygen atoms in total. The molecule has 152 valence electrons. The van der Waals surface area contributed by atoms with Gasteiger partial charge in [-0.15, -0.1) is 0 Å². The molecule has 1 amide bonds. The number of nitrogens with zero attached hydrogens (tertiary/aromatic N) is 2. The average molecular weight is 412 g/mol. The summed E-state index contributed by atoms with van der Waals surface area (Å²) in [4.78, 5) is 12.8. The predicted octanol–water partition coefficient (Wildman–Crippen LogP) is 2.86. The molecule has 2 aromatic carbocycles. The van der Waals surface area contributed by atoms with Crippen molar-refractivity contribution in [2.75, 3.05) is 13.1 Å². The highest BCUT2D eigenvalue weighted by Crippen LogP contribution is 2.25. The highest BCUT2D eigenvalue weighted by atomic mass is 32.2. The Balaban J connectivity index is 1.35. The minimum Gasteiger partial charge on any atom is -0.273 e. The number of carbonyl (C=O) groups excluding carboxylic acids is 1. The molecule has 1 aliphatic heterocycles. The third-order valence-corrected chi connectivity index (χ3v) is 7.66. The van der Waals surface area contributed by atoms with Gasteiger partial charge in [0.05, 0.1) is 10.6 Å². The minimum absolute atomic E-state index is 0.130. The molecule has 2 aliphatic rings. The average Bonchev–Trinajstić information content (AvgIpc) is 3.15. The largest absolute Gasteiger partial charge is 0.273 e. The number of benzene rings is 2. The topological polar surface area (TPSA) is 78.8 Å². The number of hydrogen-bond acceptors (Lipinski definition) is 4. The zero-order chi connectivity index (χ0) is 20.4. The third-order valence-electron chi connectivity index (χ3n) is 5.74. The minimum atomic E-state index is -3.51. The normalized spacial score (nSPS) is 19.3. The van der Waals surface area contributed by atoms with Crippen molar-refractivity contribution in [1.82, 2.24) is 9.73 Å². The number of rotatable bonds is 4. The first-order valence-corrected chi connectivity index (χ1v) is 11.4. The summed E-state index contributed by atoms with van der Waals surface area (Å²) in [7, 11) is -3.51. The van der Waals surface area contributed by atoms with Crippen molar-refractivity contribution in [2.24, 2.45) is 11.0 Å². The van der Waals surface area contributed by atoms with Gasteiger partial charge in [-0.2, -0.15) is 9.41 Å². The van der Waals surface area contributed by atoms with Gasteiger partial charge in [-0.05, 0) is 50.3 Å². The maximum atomic E-state index is 12.8. The van der Waals surface area contributed by atoms with E-state index in [2.05, 4.69) is 16.6 Å². The molecule has 0 unspecified atom stereocenters. The van der Waals surface area contributed by atoms with Crippen molar-refractivity contribution in [2.45, 2.75) is 37.5 Å². The molecule has 0 aromatic heterocycles. The van der Waals surface area contributed by atoms with Crippen molar-refractivity contribution in [3.05, 3.63) is 65.2 Å². The van der Waals surface area contributed by atoms with E-state index in [1.807, 2.05) is 25.1 Å². The molecule has 0 spiro atoms. The summed E-state index contributed by atoms with van der Waals surface area (Å²) in [5.74, 6) is -0.352. The maximum absolute atomic E-state index is 12.8. The molecule has 0 bridgehead atoms. The Morgan fingerprint density at radius 3 is 2.45 bits per heavy atom. The Labute approximate surface area is 171 Å². The molecule has 4 rings (SSSR count). The standard InChI is InChI=1S/C22H25N3O3S/c1-16-6-9-19(10-7-16)29(27,28)25-14-12-18(13-15-25)22(26)24-23-21-11-8-17-4-2-3-5-20(17)21/h2-7,9-10,18H,8,11-15H2,1H3,(H,24,26)/b23-21+. The van der Waals surface area contributed by atoms with Crippen LogP contribution in [0.1, 0.15) is 36.0 Å². The lowest BCUT2D eigenvalue weighted by molar-refractivity contribution is -0.126. The van der Waals surface area contributed by atoms with Crippen LogP contribution in [-0.2, 0) is 21.2 Å². The second kappa shape index (κ2) is 8.08. The molecule has 29 heavy (non-hydrogen) atoms. The number of amides is 1. The number of nitrogens with one attached hydrogen (secondary N) is 1. The Kier molecular flexibility index (Phi) is 5.52. The first kappa shape index (κ1) is 19.8. The first-order valence-electron chi connectivity index (χ1n) is 9.96. The number of sulfonamides is 1. The number of hydrazone groups is 1. The molecule has 1 fully saturated rings. The molecule has 1 saturated heterocycles. The van der Waals surface area contributed by atoms with Crippen LogP contribution in [0.5, 0.6) is 0 Å². The van der Waals surface area contributed by atoms with Gasteiger partial charge in [-0.25, -0.2) is 13.8 Å². The lowest BCUT2D eigenvalue weighted by Gasteiger charge is -2.30. The molecule has 1 N–H and O–H groups in total. The van der Waals surface area contributed by atoms with Gasteiger partial charge < -0.3 is 0 Å². The summed E-state index contributed by atoms with van der Waals surface area (Å²) in [5, 5.41) is 4.35. The van der Waals surface area contributed by atoms with Crippen LogP contribution in [0.25, 0.3) is 0 Å². The SMILES string of the molecule is Cc1ccc(S(=O)(=O)N2CCC(C(=O)N/N=C3\CCc4ccccc43)CC2)cc1. The van der Waals surface area contributed by atoms with Crippen LogP contribution < -0.4 is 5.43 Å². The quantitative estimate of drug-likeness (QED) is 0.786. The van der Waals surface area contributed by atoms with Crippen LogP contribution in [0.4, 0.5) is 0 Å². The summed E-state index contributed by atoms with van der Waals surface area (Å²) in [6.45, 7) is 2.61. The van der Waals surface area contributed by atoms with E-state index >= 15 is 0 Å². The van der Waals surface area contributed by atoms with E-state index in [4.69, 9.17) is 0 Å². The summed E-state index contributed by atoms with van der Waals surface area (Å²) < 4.78 is 27.1. The Bertz CT molecular complexity index is 1040. The number of piperidine rings is 1. The molecule has 0 saturated carbocycles. The first-order chi connectivity index (χ1) is 13.9. The maximum Gasteiger partial charge on any atom is 0.243 e. The van der Waals surface area contributed by atoms with E-state index in [1.54, 1.807) is 24.3 Å². The Hall–Kier alpha value is -2.51.